The van der Waals surface area contributed by atoms with Crippen molar-refractivity contribution in [2.75, 3.05) is 7.05 Å². The Morgan fingerprint density at radius 3 is 2.68 bits per heavy atom. The van der Waals surface area contributed by atoms with E-state index in [9.17, 15) is 0 Å². The zero-order chi connectivity index (χ0) is 13.8. The second-order valence-corrected chi connectivity index (χ2v) is 5.25. The highest BCUT2D eigenvalue weighted by Gasteiger charge is 2.15. The average molecular weight is 298 g/mol. The Hall–Kier alpha value is -1.03. The van der Waals surface area contributed by atoms with E-state index in [2.05, 4.69) is 23.5 Å². The lowest BCUT2D eigenvalue weighted by Crippen LogP contribution is -2.17. The normalized spacial score (nSPS) is 12.6. The number of aryl methyl sites for hydroxylation is 1. The first-order valence-corrected chi connectivity index (χ1v) is 7.06. The molecule has 0 aliphatic rings. The average Bonchev–Trinajstić information content (AvgIpc) is 2.83. The van der Waals surface area contributed by atoms with E-state index >= 15 is 0 Å². The number of hydrogen-bond acceptors (Lipinski definition) is 2. The van der Waals surface area contributed by atoms with Crippen LogP contribution in [0, 0.1) is 0 Å². The molecule has 19 heavy (non-hydrogen) atoms. The van der Waals surface area contributed by atoms with Gasteiger partial charge in [-0.05, 0) is 31.2 Å². The molecule has 2 rings (SSSR count). The molecule has 0 bridgehead atoms. The number of aromatic nitrogens is 2. The van der Waals surface area contributed by atoms with Crippen molar-refractivity contribution in [1.82, 2.24) is 15.1 Å². The highest BCUT2D eigenvalue weighted by molar-refractivity contribution is 6.42. The monoisotopic (exact) mass is 297 g/mol. The molecular formula is C14H17Cl2N3. The smallest absolute Gasteiger partial charge is 0.0606 e. The molecule has 1 aromatic heterocycles. The van der Waals surface area contributed by atoms with E-state index < -0.39 is 0 Å². The van der Waals surface area contributed by atoms with Gasteiger partial charge >= 0.3 is 0 Å². The lowest BCUT2D eigenvalue weighted by Gasteiger charge is -2.15. The van der Waals surface area contributed by atoms with Gasteiger partial charge in [-0.3, -0.25) is 4.68 Å². The van der Waals surface area contributed by atoms with Crippen molar-refractivity contribution in [3.8, 4) is 0 Å². The third-order valence-corrected chi connectivity index (χ3v) is 3.74. The van der Waals surface area contributed by atoms with Crippen LogP contribution in [0.25, 0.3) is 0 Å². The first-order chi connectivity index (χ1) is 9.15. The summed E-state index contributed by atoms with van der Waals surface area (Å²) in [6, 6.07) is 5.76. The topological polar surface area (TPSA) is 29.9 Å². The minimum absolute atomic E-state index is 0.0698. The van der Waals surface area contributed by atoms with Gasteiger partial charge in [-0.2, -0.15) is 5.10 Å². The predicted octanol–water partition coefficient (Wildman–Crippen LogP) is 3.91. The van der Waals surface area contributed by atoms with Gasteiger partial charge in [0.1, 0.15) is 0 Å². The van der Waals surface area contributed by atoms with Crippen LogP contribution in [0.4, 0.5) is 0 Å². The molecule has 2 aromatic rings. The minimum atomic E-state index is 0.0698. The van der Waals surface area contributed by atoms with Crippen LogP contribution >= 0.6 is 23.2 Å². The molecule has 0 saturated carbocycles. The Balaban J connectivity index is 2.29. The number of halogens is 2. The van der Waals surface area contributed by atoms with Crippen LogP contribution in [0.3, 0.4) is 0 Å². The molecule has 1 heterocycles. The van der Waals surface area contributed by atoms with Gasteiger partial charge in [0.05, 0.1) is 22.3 Å². The number of hydrogen-bond donors (Lipinski definition) is 1. The van der Waals surface area contributed by atoms with Gasteiger partial charge in [0.25, 0.3) is 0 Å². The van der Waals surface area contributed by atoms with Crippen molar-refractivity contribution >= 4 is 23.2 Å². The second-order valence-electron chi connectivity index (χ2n) is 4.43. The van der Waals surface area contributed by atoms with E-state index in [1.54, 1.807) is 0 Å². The molecule has 0 amide bonds. The Kier molecular flexibility index (Phi) is 4.86. The van der Waals surface area contributed by atoms with E-state index in [1.807, 2.05) is 36.1 Å². The van der Waals surface area contributed by atoms with E-state index in [-0.39, 0.29) is 6.04 Å². The molecular weight excluding hydrogens is 281 g/mol. The molecule has 0 radical (unpaired) electrons. The van der Waals surface area contributed by atoms with Crippen LogP contribution in [0.1, 0.15) is 30.5 Å². The van der Waals surface area contributed by atoms with Gasteiger partial charge in [0.2, 0.25) is 0 Å². The van der Waals surface area contributed by atoms with Crippen LogP contribution in [-0.2, 0) is 6.54 Å². The summed E-state index contributed by atoms with van der Waals surface area (Å²) in [5.41, 5.74) is 2.20. The third kappa shape index (κ3) is 3.30. The number of rotatable bonds is 5. The quantitative estimate of drug-likeness (QED) is 0.907. The van der Waals surface area contributed by atoms with Gasteiger partial charge in [0.15, 0.2) is 0 Å². The van der Waals surface area contributed by atoms with Crippen LogP contribution in [0.5, 0.6) is 0 Å². The van der Waals surface area contributed by atoms with Crippen molar-refractivity contribution in [2.24, 2.45) is 0 Å². The molecule has 0 spiro atoms. The first kappa shape index (κ1) is 14.4. The van der Waals surface area contributed by atoms with Gasteiger partial charge in [0, 0.05) is 18.3 Å². The zero-order valence-electron chi connectivity index (χ0n) is 11.0. The number of benzene rings is 1. The lowest BCUT2D eigenvalue weighted by atomic mass is 10.0. The predicted molar refractivity (Wildman–Crippen MR) is 79.9 cm³/mol. The van der Waals surface area contributed by atoms with E-state index in [4.69, 9.17) is 23.2 Å². The fraction of sp³-hybridized carbons (Fsp3) is 0.357. The maximum absolute atomic E-state index is 6.08. The first-order valence-electron chi connectivity index (χ1n) is 6.30. The highest BCUT2D eigenvalue weighted by Crippen LogP contribution is 2.28. The van der Waals surface area contributed by atoms with Crippen molar-refractivity contribution in [2.45, 2.75) is 25.9 Å². The van der Waals surface area contributed by atoms with Gasteiger partial charge in [-0.25, -0.2) is 0 Å². The molecule has 1 N–H and O–H groups in total. The summed E-state index contributed by atoms with van der Waals surface area (Å²) in [6.45, 7) is 3.06. The summed E-state index contributed by atoms with van der Waals surface area (Å²) in [4.78, 5) is 0. The minimum Gasteiger partial charge on any atom is -0.309 e. The fourth-order valence-corrected chi connectivity index (χ4v) is 2.40. The van der Waals surface area contributed by atoms with Crippen molar-refractivity contribution < 1.29 is 0 Å². The molecule has 0 fully saturated rings. The second kappa shape index (κ2) is 6.42. The summed E-state index contributed by atoms with van der Waals surface area (Å²) in [5, 5.41) is 8.78. The maximum Gasteiger partial charge on any atom is 0.0606 e. The molecule has 1 aromatic carbocycles. The molecule has 1 unspecified atom stereocenters. The number of nitrogens with one attached hydrogen (secondary N) is 1. The van der Waals surface area contributed by atoms with Crippen molar-refractivity contribution in [3.63, 3.8) is 0 Å². The Labute approximate surface area is 123 Å². The highest BCUT2D eigenvalue weighted by atomic mass is 35.5. The Morgan fingerprint density at radius 1 is 1.26 bits per heavy atom. The maximum atomic E-state index is 6.08. The zero-order valence-corrected chi connectivity index (χ0v) is 12.5. The lowest BCUT2D eigenvalue weighted by molar-refractivity contribution is 0.600. The molecule has 0 aliphatic heterocycles. The molecule has 3 nitrogen and oxygen atoms in total. The van der Waals surface area contributed by atoms with Gasteiger partial charge < -0.3 is 5.32 Å². The van der Waals surface area contributed by atoms with Crippen molar-refractivity contribution in [1.29, 1.82) is 0 Å². The summed E-state index contributed by atoms with van der Waals surface area (Å²) in [6.07, 6.45) is 5.02. The fourth-order valence-electron chi connectivity index (χ4n) is 2.10. The largest absolute Gasteiger partial charge is 0.309 e. The van der Waals surface area contributed by atoms with Crippen LogP contribution in [0.15, 0.2) is 30.6 Å². The van der Waals surface area contributed by atoms with Gasteiger partial charge in [-0.15, -0.1) is 0 Å². The molecule has 0 saturated heterocycles. The summed E-state index contributed by atoms with van der Waals surface area (Å²) in [5.74, 6) is 0. The van der Waals surface area contributed by atoms with Crippen LogP contribution in [-0.4, -0.2) is 16.8 Å². The Bertz CT molecular complexity index is 551. The van der Waals surface area contributed by atoms with E-state index in [0.29, 0.717) is 10.0 Å². The molecule has 5 heteroatoms. The summed E-state index contributed by atoms with van der Waals surface area (Å²) in [7, 11) is 1.92. The van der Waals surface area contributed by atoms with Crippen LogP contribution < -0.4 is 5.32 Å². The summed E-state index contributed by atoms with van der Waals surface area (Å²) < 4.78 is 1.96. The molecule has 1 atom stereocenters. The molecule has 102 valence electrons. The van der Waals surface area contributed by atoms with Crippen molar-refractivity contribution in [3.05, 3.63) is 51.8 Å². The van der Waals surface area contributed by atoms with Crippen LogP contribution in [0.2, 0.25) is 10.0 Å². The standard InChI is InChI=1S/C14H17Cl2N3/c1-3-6-19-9-11(8-18-19)14(17-2)10-4-5-12(15)13(16)7-10/h4-5,7-9,14,17H,3,6H2,1-2H3. The Morgan fingerprint density at radius 2 is 2.05 bits per heavy atom. The van der Waals surface area contributed by atoms with E-state index in [0.717, 1.165) is 24.1 Å². The summed E-state index contributed by atoms with van der Waals surface area (Å²) >= 11 is 12.0. The molecule has 0 aliphatic carbocycles. The van der Waals surface area contributed by atoms with Gasteiger partial charge in [-0.1, -0.05) is 36.2 Å². The van der Waals surface area contributed by atoms with E-state index in [1.165, 1.54) is 0 Å². The third-order valence-electron chi connectivity index (χ3n) is 3.00. The SMILES string of the molecule is CCCn1cc(C(NC)c2ccc(Cl)c(Cl)c2)cn1. The number of nitrogens with zero attached hydrogens (tertiary/aromatic N) is 2.